The molecule has 3 rings (SSSR count). The molecule has 1 N–H and O–H groups in total. The van der Waals surface area contributed by atoms with E-state index in [0.29, 0.717) is 12.2 Å². The van der Waals surface area contributed by atoms with E-state index in [1.807, 2.05) is 31.2 Å². The van der Waals surface area contributed by atoms with Gasteiger partial charge in [0.15, 0.2) is 0 Å². The summed E-state index contributed by atoms with van der Waals surface area (Å²) in [6, 6.07) is 11.8. The summed E-state index contributed by atoms with van der Waals surface area (Å²) in [5.41, 5.74) is 0.663. The van der Waals surface area contributed by atoms with Gasteiger partial charge in [-0.3, -0.25) is 9.69 Å². The molecule has 152 valence electrons. The van der Waals surface area contributed by atoms with Gasteiger partial charge in [0.1, 0.15) is 5.75 Å². The van der Waals surface area contributed by atoms with Crippen LogP contribution < -0.4 is 10.1 Å². The summed E-state index contributed by atoms with van der Waals surface area (Å²) < 4.78 is 5.47. The molecule has 0 unspecified atom stereocenters. The Hall–Kier alpha value is -1.89. The lowest BCUT2D eigenvalue weighted by molar-refractivity contribution is 0.0753. The SMILES string of the molecule is CCOc1ccc(C(=O)N[C@H](C)[C@H](c2cccs2)N2CCN(CC)CC2)cc1. The Labute approximate surface area is 172 Å². The van der Waals surface area contributed by atoms with Crippen LogP contribution in [0.3, 0.4) is 0 Å². The number of piperazine rings is 1. The van der Waals surface area contributed by atoms with Gasteiger partial charge in [-0.05, 0) is 56.1 Å². The lowest BCUT2D eigenvalue weighted by atomic mass is 10.0. The number of thiophene rings is 1. The molecule has 2 aromatic rings. The second-order valence-corrected chi connectivity index (χ2v) is 8.13. The molecule has 1 amide bonds. The summed E-state index contributed by atoms with van der Waals surface area (Å²) in [7, 11) is 0. The van der Waals surface area contributed by atoms with Crippen molar-refractivity contribution in [1.82, 2.24) is 15.1 Å². The van der Waals surface area contributed by atoms with Crippen molar-refractivity contribution >= 4 is 17.2 Å². The number of hydrogen-bond donors (Lipinski definition) is 1. The number of amides is 1. The minimum absolute atomic E-state index is 0.0193. The maximum atomic E-state index is 12.8. The predicted octanol–water partition coefficient (Wildman–Crippen LogP) is 3.64. The summed E-state index contributed by atoms with van der Waals surface area (Å²) in [5.74, 6) is 0.752. The maximum absolute atomic E-state index is 12.8. The number of likely N-dealkylation sites (N-methyl/N-ethyl adjacent to an activating group) is 1. The van der Waals surface area contributed by atoms with Gasteiger partial charge in [0.25, 0.3) is 5.91 Å². The molecule has 0 radical (unpaired) electrons. The molecule has 2 heterocycles. The third-order valence-electron chi connectivity index (χ3n) is 5.34. The van der Waals surface area contributed by atoms with Crippen molar-refractivity contribution in [3.63, 3.8) is 0 Å². The van der Waals surface area contributed by atoms with Crippen molar-refractivity contribution in [2.24, 2.45) is 0 Å². The highest BCUT2D eigenvalue weighted by Crippen LogP contribution is 2.29. The molecular formula is C22H31N3O2S. The molecule has 28 heavy (non-hydrogen) atoms. The van der Waals surface area contributed by atoms with Crippen molar-refractivity contribution < 1.29 is 9.53 Å². The third-order valence-corrected chi connectivity index (χ3v) is 6.29. The molecule has 5 nitrogen and oxygen atoms in total. The highest BCUT2D eigenvalue weighted by Gasteiger charge is 2.30. The monoisotopic (exact) mass is 401 g/mol. The van der Waals surface area contributed by atoms with Crippen LogP contribution in [0.15, 0.2) is 41.8 Å². The smallest absolute Gasteiger partial charge is 0.251 e. The number of carbonyl (C=O) groups is 1. The van der Waals surface area contributed by atoms with Gasteiger partial charge >= 0.3 is 0 Å². The van der Waals surface area contributed by atoms with Crippen molar-refractivity contribution in [2.75, 3.05) is 39.3 Å². The predicted molar refractivity (Wildman–Crippen MR) is 115 cm³/mol. The van der Waals surface area contributed by atoms with Crippen molar-refractivity contribution in [3.8, 4) is 5.75 Å². The average molecular weight is 402 g/mol. The number of hydrogen-bond acceptors (Lipinski definition) is 5. The Bertz CT molecular complexity index is 725. The van der Waals surface area contributed by atoms with Gasteiger partial charge in [-0.1, -0.05) is 13.0 Å². The van der Waals surface area contributed by atoms with Crippen LogP contribution in [-0.2, 0) is 0 Å². The van der Waals surface area contributed by atoms with Gasteiger partial charge in [0.05, 0.1) is 12.6 Å². The first-order valence-electron chi connectivity index (χ1n) is 10.2. The number of benzene rings is 1. The second-order valence-electron chi connectivity index (χ2n) is 7.15. The Morgan fingerprint density at radius 1 is 1.14 bits per heavy atom. The highest BCUT2D eigenvalue weighted by molar-refractivity contribution is 7.10. The van der Waals surface area contributed by atoms with Crippen molar-refractivity contribution in [3.05, 3.63) is 52.2 Å². The quantitative estimate of drug-likeness (QED) is 0.733. The van der Waals surface area contributed by atoms with E-state index in [2.05, 4.69) is 46.5 Å². The van der Waals surface area contributed by atoms with Crippen molar-refractivity contribution in [1.29, 1.82) is 0 Å². The fraction of sp³-hybridized carbons (Fsp3) is 0.500. The van der Waals surface area contributed by atoms with Crippen LogP contribution in [-0.4, -0.2) is 61.1 Å². The molecule has 1 aromatic carbocycles. The fourth-order valence-electron chi connectivity index (χ4n) is 3.80. The van der Waals surface area contributed by atoms with Gasteiger partial charge in [-0.2, -0.15) is 0 Å². The lowest BCUT2D eigenvalue weighted by Gasteiger charge is -2.41. The first kappa shape index (κ1) is 20.8. The van der Waals surface area contributed by atoms with Gasteiger partial charge < -0.3 is 15.0 Å². The number of rotatable bonds is 8. The van der Waals surface area contributed by atoms with Gasteiger partial charge in [-0.15, -0.1) is 11.3 Å². The molecule has 0 spiro atoms. The molecule has 0 aliphatic carbocycles. The molecule has 1 aliphatic heterocycles. The number of nitrogens with zero attached hydrogens (tertiary/aromatic N) is 2. The first-order valence-corrected chi connectivity index (χ1v) is 11.0. The standard InChI is InChI=1S/C22H31N3O2S/c1-4-24-12-14-25(15-13-24)21(20-7-6-16-28-20)17(3)23-22(26)18-8-10-19(11-9-18)27-5-2/h6-11,16-17,21H,4-5,12-15H2,1-3H3,(H,23,26)/t17-,21-/m1/s1. The maximum Gasteiger partial charge on any atom is 0.251 e. The van der Waals surface area contributed by atoms with E-state index in [0.717, 1.165) is 38.5 Å². The van der Waals surface area contributed by atoms with Gasteiger partial charge in [-0.25, -0.2) is 0 Å². The van der Waals surface area contributed by atoms with Crippen LogP contribution >= 0.6 is 11.3 Å². The largest absolute Gasteiger partial charge is 0.494 e. The van der Waals surface area contributed by atoms with E-state index in [4.69, 9.17) is 4.74 Å². The molecule has 6 heteroatoms. The van der Waals surface area contributed by atoms with E-state index in [-0.39, 0.29) is 18.0 Å². The van der Waals surface area contributed by atoms with Crippen LogP contribution in [0, 0.1) is 0 Å². The van der Waals surface area contributed by atoms with Crippen LogP contribution in [0.2, 0.25) is 0 Å². The Morgan fingerprint density at radius 3 is 2.43 bits per heavy atom. The molecule has 2 atom stereocenters. The minimum atomic E-state index is -0.0377. The van der Waals surface area contributed by atoms with E-state index >= 15 is 0 Å². The molecule has 1 saturated heterocycles. The average Bonchev–Trinajstić information content (AvgIpc) is 3.23. The fourth-order valence-corrected chi connectivity index (χ4v) is 4.76. The molecule has 1 aliphatic rings. The second kappa shape index (κ2) is 10.0. The summed E-state index contributed by atoms with van der Waals surface area (Å²) in [6.07, 6.45) is 0. The molecule has 1 fully saturated rings. The summed E-state index contributed by atoms with van der Waals surface area (Å²) in [5, 5.41) is 5.35. The minimum Gasteiger partial charge on any atom is -0.494 e. The number of carbonyl (C=O) groups excluding carboxylic acids is 1. The molecule has 0 saturated carbocycles. The van der Waals surface area contributed by atoms with Crippen LogP contribution in [0.25, 0.3) is 0 Å². The van der Waals surface area contributed by atoms with Crippen LogP contribution in [0.1, 0.15) is 42.0 Å². The Balaban J connectivity index is 1.69. The van der Waals surface area contributed by atoms with Gasteiger partial charge in [0.2, 0.25) is 0 Å². The van der Waals surface area contributed by atoms with Crippen molar-refractivity contribution in [2.45, 2.75) is 32.9 Å². The van der Waals surface area contributed by atoms with E-state index in [1.54, 1.807) is 11.3 Å². The number of nitrogens with one attached hydrogen (secondary N) is 1. The molecule has 1 aromatic heterocycles. The molecular weight excluding hydrogens is 370 g/mol. The third kappa shape index (κ3) is 5.13. The zero-order valence-electron chi connectivity index (χ0n) is 17.1. The zero-order chi connectivity index (χ0) is 19.9. The first-order chi connectivity index (χ1) is 13.6. The summed E-state index contributed by atoms with van der Waals surface area (Å²) in [4.78, 5) is 19.1. The summed E-state index contributed by atoms with van der Waals surface area (Å²) >= 11 is 1.77. The van der Waals surface area contributed by atoms with E-state index in [9.17, 15) is 4.79 Å². The Kier molecular flexibility index (Phi) is 7.48. The zero-order valence-corrected chi connectivity index (χ0v) is 17.9. The summed E-state index contributed by atoms with van der Waals surface area (Å²) in [6.45, 7) is 12.2. The van der Waals surface area contributed by atoms with Crippen LogP contribution in [0.4, 0.5) is 0 Å². The normalized spacial score (nSPS) is 17.8. The molecule has 0 bridgehead atoms. The highest BCUT2D eigenvalue weighted by atomic mass is 32.1. The topological polar surface area (TPSA) is 44.8 Å². The van der Waals surface area contributed by atoms with Crippen LogP contribution in [0.5, 0.6) is 5.75 Å². The van der Waals surface area contributed by atoms with E-state index < -0.39 is 0 Å². The van der Waals surface area contributed by atoms with E-state index in [1.165, 1.54) is 4.88 Å². The van der Waals surface area contributed by atoms with Gasteiger partial charge in [0, 0.05) is 42.7 Å². The Morgan fingerprint density at radius 2 is 1.86 bits per heavy atom. The lowest BCUT2D eigenvalue weighted by Crippen LogP contribution is -2.52. The number of ether oxygens (including phenoxy) is 1.